The molecule has 29 heavy (non-hydrogen) atoms. The summed E-state index contributed by atoms with van der Waals surface area (Å²) < 4.78 is 2.39. The van der Waals surface area contributed by atoms with Gasteiger partial charge in [-0.15, -0.1) is 0 Å². The number of pyridine rings is 1. The second kappa shape index (κ2) is 7.85. The maximum absolute atomic E-state index is 13.2. The van der Waals surface area contributed by atoms with Crippen LogP contribution in [0.25, 0.3) is 11.0 Å². The summed E-state index contributed by atoms with van der Waals surface area (Å²) in [5.74, 6) is -0.227. The number of hydrogen-bond donors (Lipinski definition) is 0. The second-order valence-electron chi connectivity index (χ2n) is 6.55. The smallest absolute Gasteiger partial charge is 0.292 e. The Morgan fingerprint density at radius 1 is 0.897 bits per heavy atom. The van der Waals surface area contributed by atoms with Crippen LogP contribution in [0, 0.1) is 0 Å². The Hall–Kier alpha value is -3.51. The maximum Gasteiger partial charge on any atom is 0.332 e. The molecule has 2 heterocycles. The van der Waals surface area contributed by atoms with Crippen molar-refractivity contribution < 1.29 is 4.79 Å². The van der Waals surface area contributed by atoms with Gasteiger partial charge in [0.05, 0.1) is 18.6 Å². The molecule has 0 fully saturated rings. The zero-order chi connectivity index (χ0) is 20.4. The van der Waals surface area contributed by atoms with Gasteiger partial charge in [0.15, 0.2) is 11.3 Å². The van der Waals surface area contributed by atoms with Crippen LogP contribution < -0.4 is 11.2 Å². The molecule has 0 aliphatic heterocycles. The number of benzene rings is 2. The summed E-state index contributed by atoms with van der Waals surface area (Å²) >= 11 is 5.91. The van der Waals surface area contributed by atoms with Crippen molar-refractivity contribution in [3.8, 4) is 0 Å². The molecule has 7 heteroatoms. The fourth-order valence-corrected chi connectivity index (χ4v) is 3.29. The van der Waals surface area contributed by atoms with Gasteiger partial charge in [0.1, 0.15) is 0 Å². The fourth-order valence-electron chi connectivity index (χ4n) is 3.17. The number of halogens is 1. The number of aromatic nitrogens is 3. The third kappa shape index (κ3) is 3.75. The molecule has 0 aliphatic rings. The molecule has 2 aromatic carbocycles. The van der Waals surface area contributed by atoms with Crippen LogP contribution in [0.2, 0.25) is 5.02 Å². The van der Waals surface area contributed by atoms with Gasteiger partial charge in [-0.1, -0.05) is 54.1 Å². The molecule has 0 N–H and O–H groups in total. The first-order valence-corrected chi connectivity index (χ1v) is 9.33. The predicted molar refractivity (Wildman–Crippen MR) is 112 cm³/mol. The quantitative estimate of drug-likeness (QED) is 0.478. The lowest BCUT2D eigenvalue weighted by Crippen LogP contribution is -2.41. The number of carbonyl (C=O) groups is 1. The fraction of sp³-hybridized carbons (Fsp3) is 0.0909. The molecule has 6 nitrogen and oxygen atoms in total. The number of ketones is 1. The van der Waals surface area contributed by atoms with Gasteiger partial charge in [-0.25, -0.2) is 9.78 Å². The van der Waals surface area contributed by atoms with E-state index >= 15 is 0 Å². The Bertz CT molecular complexity index is 1310. The molecule has 0 spiro atoms. The van der Waals surface area contributed by atoms with E-state index < -0.39 is 11.2 Å². The van der Waals surface area contributed by atoms with E-state index in [1.54, 1.807) is 60.7 Å². The van der Waals surface area contributed by atoms with Crippen LogP contribution in [-0.4, -0.2) is 19.9 Å². The van der Waals surface area contributed by atoms with E-state index in [-0.39, 0.29) is 24.4 Å². The third-order valence-electron chi connectivity index (χ3n) is 4.64. The summed E-state index contributed by atoms with van der Waals surface area (Å²) in [6.07, 6.45) is 1.49. The van der Waals surface area contributed by atoms with Crippen molar-refractivity contribution in [3.63, 3.8) is 0 Å². The lowest BCUT2D eigenvalue weighted by molar-refractivity contribution is 0.0971. The van der Waals surface area contributed by atoms with E-state index in [4.69, 9.17) is 11.6 Å². The van der Waals surface area contributed by atoms with Crippen LogP contribution >= 0.6 is 11.6 Å². The minimum Gasteiger partial charge on any atom is -0.292 e. The van der Waals surface area contributed by atoms with Crippen molar-refractivity contribution >= 4 is 28.4 Å². The largest absolute Gasteiger partial charge is 0.332 e. The monoisotopic (exact) mass is 405 g/mol. The van der Waals surface area contributed by atoms with E-state index in [0.29, 0.717) is 16.1 Å². The predicted octanol–water partition coefficient (Wildman–Crippen LogP) is 3.14. The Balaban J connectivity index is 1.85. The highest BCUT2D eigenvalue weighted by atomic mass is 35.5. The molecule has 4 rings (SSSR count). The van der Waals surface area contributed by atoms with Crippen molar-refractivity contribution in [2.75, 3.05) is 0 Å². The Labute approximate surface area is 170 Å². The standard InChI is InChI=1S/C22H16ClN3O3/c23-17-10-8-15(9-11-17)13-26-21(28)20-18(7-4-12-24-20)25(22(26)29)14-19(27)16-5-2-1-3-6-16/h1-12H,13-14H2. The highest BCUT2D eigenvalue weighted by molar-refractivity contribution is 6.30. The molecule has 0 aliphatic carbocycles. The SMILES string of the molecule is O=C(Cn1c(=O)n(Cc2ccc(Cl)cc2)c(=O)c2ncccc21)c1ccccc1. The van der Waals surface area contributed by atoms with Gasteiger partial charge in [0, 0.05) is 16.8 Å². The minimum atomic E-state index is -0.560. The van der Waals surface area contributed by atoms with Crippen molar-refractivity contribution in [1.82, 2.24) is 14.1 Å². The van der Waals surface area contributed by atoms with Crippen molar-refractivity contribution in [3.05, 3.63) is 110 Å². The van der Waals surface area contributed by atoms with Gasteiger partial charge in [-0.05, 0) is 29.8 Å². The van der Waals surface area contributed by atoms with Gasteiger partial charge in [0.25, 0.3) is 5.56 Å². The van der Waals surface area contributed by atoms with Gasteiger partial charge < -0.3 is 0 Å². The van der Waals surface area contributed by atoms with Crippen LogP contribution in [0.5, 0.6) is 0 Å². The maximum atomic E-state index is 13.2. The first-order chi connectivity index (χ1) is 14.0. The van der Waals surface area contributed by atoms with E-state index in [1.165, 1.54) is 10.8 Å². The van der Waals surface area contributed by atoms with Crippen LogP contribution in [0.3, 0.4) is 0 Å². The lowest BCUT2D eigenvalue weighted by atomic mass is 10.1. The van der Waals surface area contributed by atoms with Crippen molar-refractivity contribution in [2.45, 2.75) is 13.1 Å². The molecule has 0 unspecified atom stereocenters. The Kier molecular flexibility index (Phi) is 5.10. The molecule has 0 bridgehead atoms. The Morgan fingerprint density at radius 3 is 2.34 bits per heavy atom. The van der Waals surface area contributed by atoms with Crippen molar-refractivity contribution in [1.29, 1.82) is 0 Å². The summed E-state index contributed by atoms with van der Waals surface area (Å²) in [7, 11) is 0. The van der Waals surface area contributed by atoms with Crippen LogP contribution in [0.15, 0.2) is 82.5 Å². The Morgan fingerprint density at radius 2 is 1.62 bits per heavy atom. The summed E-state index contributed by atoms with van der Waals surface area (Å²) in [5, 5.41) is 0.562. The molecular formula is C22H16ClN3O3. The van der Waals surface area contributed by atoms with Gasteiger partial charge in [-0.3, -0.25) is 18.7 Å². The topological polar surface area (TPSA) is 74.0 Å². The molecule has 2 aromatic heterocycles. The van der Waals surface area contributed by atoms with E-state index in [1.807, 2.05) is 6.07 Å². The minimum absolute atomic E-state index is 0.0564. The average Bonchev–Trinajstić information content (AvgIpc) is 2.76. The summed E-state index contributed by atoms with van der Waals surface area (Å²) in [5.41, 5.74) is 0.650. The van der Waals surface area contributed by atoms with E-state index in [0.717, 1.165) is 10.1 Å². The second-order valence-corrected chi connectivity index (χ2v) is 6.98. The average molecular weight is 406 g/mol. The van der Waals surface area contributed by atoms with Gasteiger partial charge in [-0.2, -0.15) is 0 Å². The van der Waals surface area contributed by atoms with Crippen molar-refractivity contribution in [2.24, 2.45) is 0 Å². The summed E-state index contributed by atoms with van der Waals surface area (Å²) in [6, 6.07) is 18.9. The number of fused-ring (bicyclic) bond motifs is 1. The third-order valence-corrected chi connectivity index (χ3v) is 4.89. The zero-order valence-corrected chi connectivity index (χ0v) is 16.0. The summed E-state index contributed by atoms with van der Waals surface area (Å²) in [4.78, 5) is 42.9. The lowest BCUT2D eigenvalue weighted by Gasteiger charge is -2.13. The molecule has 0 atom stereocenters. The summed E-state index contributed by atoms with van der Waals surface area (Å²) in [6.45, 7) is -0.132. The molecule has 4 aromatic rings. The highest BCUT2D eigenvalue weighted by Crippen LogP contribution is 2.11. The van der Waals surface area contributed by atoms with Crippen LogP contribution in [0.1, 0.15) is 15.9 Å². The highest BCUT2D eigenvalue weighted by Gasteiger charge is 2.17. The van der Waals surface area contributed by atoms with E-state index in [2.05, 4.69) is 4.98 Å². The molecule has 0 saturated heterocycles. The van der Waals surface area contributed by atoms with Crippen LogP contribution in [0.4, 0.5) is 0 Å². The number of nitrogens with zero attached hydrogens (tertiary/aromatic N) is 3. The van der Waals surface area contributed by atoms with E-state index in [9.17, 15) is 14.4 Å². The van der Waals surface area contributed by atoms with Crippen LogP contribution in [-0.2, 0) is 13.1 Å². The number of hydrogen-bond acceptors (Lipinski definition) is 4. The number of rotatable bonds is 5. The number of carbonyl (C=O) groups excluding carboxylic acids is 1. The zero-order valence-electron chi connectivity index (χ0n) is 15.3. The molecule has 0 amide bonds. The normalized spacial score (nSPS) is 10.9. The number of Topliss-reactive ketones (excluding diaryl/α,β-unsaturated/α-hetero) is 1. The van der Waals surface area contributed by atoms with Gasteiger partial charge >= 0.3 is 5.69 Å². The molecule has 0 saturated carbocycles. The van der Waals surface area contributed by atoms with Gasteiger partial charge in [0.2, 0.25) is 0 Å². The first-order valence-electron chi connectivity index (χ1n) is 8.95. The molecule has 144 valence electrons. The molecular weight excluding hydrogens is 390 g/mol. The molecule has 0 radical (unpaired) electrons. The first kappa shape index (κ1) is 18.8.